The van der Waals surface area contributed by atoms with Gasteiger partial charge in [-0.15, -0.1) is 0 Å². The molecule has 0 aliphatic carbocycles. The zero-order valence-electron chi connectivity index (χ0n) is 11.2. The predicted molar refractivity (Wildman–Crippen MR) is 77.5 cm³/mol. The van der Waals surface area contributed by atoms with Crippen LogP contribution in [0.1, 0.15) is 31.7 Å². The van der Waals surface area contributed by atoms with Crippen molar-refractivity contribution in [3.05, 3.63) is 33.8 Å². The summed E-state index contributed by atoms with van der Waals surface area (Å²) in [7, 11) is 0. The molecule has 0 aliphatic rings. The van der Waals surface area contributed by atoms with Crippen molar-refractivity contribution in [2.45, 2.75) is 44.8 Å². The first-order chi connectivity index (χ1) is 9.31. The van der Waals surface area contributed by atoms with Gasteiger partial charge >= 0.3 is 6.18 Å². The fraction of sp³-hybridized carbons (Fsp3) is 0.571. The third-order valence-corrected chi connectivity index (χ3v) is 3.57. The normalized spacial score (nSPS) is 13.5. The summed E-state index contributed by atoms with van der Waals surface area (Å²) in [6, 6.07) is 5.19. The smallest absolute Gasteiger partial charge is 0.314 e. The van der Waals surface area contributed by atoms with E-state index < -0.39 is 12.6 Å². The summed E-state index contributed by atoms with van der Waals surface area (Å²) in [5, 5.41) is 4.30. The number of rotatable bonds is 7. The molecule has 0 fully saturated rings. The average molecular weight is 328 g/mol. The quantitative estimate of drug-likeness (QED) is 0.721. The molecule has 114 valence electrons. The SMILES string of the molecule is CCNC(CCCC(F)(F)F)Cc1ccc(Cl)cc1Cl. The Hall–Kier alpha value is -0.450. The minimum atomic E-state index is -4.09. The molecular weight excluding hydrogens is 310 g/mol. The Bertz CT molecular complexity index is 421. The molecule has 0 saturated carbocycles. The number of hydrogen-bond acceptors (Lipinski definition) is 1. The minimum Gasteiger partial charge on any atom is -0.314 e. The van der Waals surface area contributed by atoms with Gasteiger partial charge in [0.05, 0.1) is 0 Å². The van der Waals surface area contributed by atoms with Gasteiger partial charge in [-0.3, -0.25) is 0 Å². The highest BCUT2D eigenvalue weighted by molar-refractivity contribution is 6.35. The van der Waals surface area contributed by atoms with Gasteiger partial charge in [-0.1, -0.05) is 36.2 Å². The maximum absolute atomic E-state index is 12.2. The molecule has 0 aliphatic heterocycles. The van der Waals surface area contributed by atoms with E-state index in [0.29, 0.717) is 29.4 Å². The summed E-state index contributed by atoms with van der Waals surface area (Å²) >= 11 is 11.9. The molecule has 20 heavy (non-hydrogen) atoms. The summed E-state index contributed by atoms with van der Waals surface area (Å²) in [6.45, 7) is 2.64. The Balaban J connectivity index is 2.57. The molecular formula is C14H18Cl2F3N. The van der Waals surface area contributed by atoms with Gasteiger partial charge in [0.25, 0.3) is 0 Å². The first kappa shape index (κ1) is 17.6. The van der Waals surface area contributed by atoms with Crippen LogP contribution in [-0.2, 0) is 6.42 Å². The summed E-state index contributed by atoms with van der Waals surface area (Å²) in [5.41, 5.74) is 0.897. The largest absolute Gasteiger partial charge is 0.389 e. The van der Waals surface area contributed by atoms with Crippen LogP contribution in [0.2, 0.25) is 10.0 Å². The minimum absolute atomic E-state index is 0.0129. The molecule has 0 amide bonds. The molecule has 0 heterocycles. The van der Waals surface area contributed by atoms with Crippen LogP contribution in [0, 0.1) is 0 Å². The molecule has 1 atom stereocenters. The lowest BCUT2D eigenvalue weighted by Crippen LogP contribution is -2.31. The van der Waals surface area contributed by atoms with Crippen molar-refractivity contribution in [2.24, 2.45) is 0 Å². The Morgan fingerprint density at radius 3 is 2.50 bits per heavy atom. The Morgan fingerprint density at radius 2 is 1.95 bits per heavy atom. The van der Waals surface area contributed by atoms with Gasteiger partial charge in [0.2, 0.25) is 0 Å². The van der Waals surface area contributed by atoms with Crippen molar-refractivity contribution in [1.82, 2.24) is 5.32 Å². The van der Waals surface area contributed by atoms with E-state index in [9.17, 15) is 13.2 Å². The second-order valence-corrected chi connectivity index (χ2v) is 5.55. The van der Waals surface area contributed by atoms with Crippen LogP contribution < -0.4 is 5.32 Å². The van der Waals surface area contributed by atoms with E-state index in [1.54, 1.807) is 12.1 Å². The average Bonchev–Trinajstić information content (AvgIpc) is 2.31. The van der Waals surface area contributed by atoms with E-state index in [1.165, 1.54) is 0 Å². The van der Waals surface area contributed by atoms with Crippen molar-refractivity contribution < 1.29 is 13.2 Å². The molecule has 1 aromatic carbocycles. The lowest BCUT2D eigenvalue weighted by Gasteiger charge is -2.19. The van der Waals surface area contributed by atoms with E-state index in [0.717, 1.165) is 5.56 Å². The Kier molecular flexibility index (Phi) is 7.13. The monoisotopic (exact) mass is 327 g/mol. The molecule has 0 spiro atoms. The molecule has 0 aromatic heterocycles. The summed E-state index contributed by atoms with van der Waals surface area (Å²) in [6.07, 6.45) is -3.65. The maximum Gasteiger partial charge on any atom is 0.389 e. The predicted octanol–water partition coefficient (Wildman–Crippen LogP) is 5.25. The number of benzene rings is 1. The molecule has 0 bridgehead atoms. The van der Waals surface area contributed by atoms with Crippen molar-refractivity contribution in [2.75, 3.05) is 6.54 Å². The number of nitrogens with one attached hydrogen (secondary N) is 1. The third kappa shape index (κ3) is 6.82. The third-order valence-electron chi connectivity index (χ3n) is 2.99. The maximum atomic E-state index is 12.2. The summed E-state index contributed by atoms with van der Waals surface area (Å²) < 4.78 is 36.5. The first-order valence-corrected chi connectivity index (χ1v) is 7.31. The highest BCUT2D eigenvalue weighted by Gasteiger charge is 2.26. The van der Waals surface area contributed by atoms with E-state index in [-0.39, 0.29) is 12.5 Å². The highest BCUT2D eigenvalue weighted by atomic mass is 35.5. The molecule has 1 rings (SSSR count). The van der Waals surface area contributed by atoms with Gasteiger partial charge in [-0.25, -0.2) is 0 Å². The zero-order valence-corrected chi connectivity index (χ0v) is 12.7. The summed E-state index contributed by atoms with van der Waals surface area (Å²) in [4.78, 5) is 0. The topological polar surface area (TPSA) is 12.0 Å². The molecule has 1 aromatic rings. The zero-order chi connectivity index (χ0) is 15.2. The first-order valence-electron chi connectivity index (χ1n) is 6.56. The lowest BCUT2D eigenvalue weighted by atomic mass is 10.0. The van der Waals surface area contributed by atoms with Crippen LogP contribution in [-0.4, -0.2) is 18.8 Å². The summed E-state index contributed by atoms with van der Waals surface area (Å²) in [5.74, 6) is 0. The Morgan fingerprint density at radius 1 is 1.25 bits per heavy atom. The van der Waals surface area contributed by atoms with Gasteiger partial charge in [-0.05, 0) is 43.5 Å². The van der Waals surface area contributed by atoms with Crippen molar-refractivity contribution in [3.8, 4) is 0 Å². The van der Waals surface area contributed by atoms with Crippen molar-refractivity contribution in [3.63, 3.8) is 0 Å². The van der Waals surface area contributed by atoms with E-state index in [1.807, 2.05) is 13.0 Å². The molecule has 0 saturated heterocycles. The van der Waals surface area contributed by atoms with E-state index >= 15 is 0 Å². The fourth-order valence-electron chi connectivity index (χ4n) is 2.07. The standard InChI is InChI=1S/C14H18Cl2F3N/c1-2-20-12(4-3-7-14(17,18)19)8-10-5-6-11(15)9-13(10)16/h5-6,9,12,20H,2-4,7-8H2,1H3. The van der Waals surface area contributed by atoms with Crippen LogP contribution in [0.3, 0.4) is 0 Å². The molecule has 0 radical (unpaired) electrons. The van der Waals surface area contributed by atoms with Crippen LogP contribution in [0.25, 0.3) is 0 Å². The van der Waals surface area contributed by atoms with Crippen LogP contribution in [0.4, 0.5) is 13.2 Å². The van der Waals surface area contributed by atoms with Crippen LogP contribution in [0.15, 0.2) is 18.2 Å². The number of hydrogen-bond donors (Lipinski definition) is 1. The second kappa shape index (κ2) is 8.11. The van der Waals surface area contributed by atoms with E-state index in [4.69, 9.17) is 23.2 Å². The number of halogens is 5. The van der Waals surface area contributed by atoms with Gasteiger partial charge in [0.1, 0.15) is 0 Å². The van der Waals surface area contributed by atoms with Gasteiger partial charge in [-0.2, -0.15) is 13.2 Å². The van der Waals surface area contributed by atoms with Crippen molar-refractivity contribution in [1.29, 1.82) is 0 Å². The fourth-order valence-corrected chi connectivity index (χ4v) is 2.55. The van der Waals surface area contributed by atoms with Crippen molar-refractivity contribution >= 4 is 23.2 Å². The van der Waals surface area contributed by atoms with E-state index in [2.05, 4.69) is 5.32 Å². The second-order valence-electron chi connectivity index (χ2n) is 4.70. The van der Waals surface area contributed by atoms with Gasteiger partial charge in [0.15, 0.2) is 0 Å². The van der Waals surface area contributed by atoms with Gasteiger partial charge in [0, 0.05) is 22.5 Å². The number of alkyl halides is 3. The highest BCUT2D eigenvalue weighted by Crippen LogP contribution is 2.25. The molecule has 1 unspecified atom stereocenters. The van der Waals surface area contributed by atoms with Crippen LogP contribution >= 0.6 is 23.2 Å². The van der Waals surface area contributed by atoms with Gasteiger partial charge < -0.3 is 5.32 Å². The van der Waals surface area contributed by atoms with Crippen LogP contribution in [0.5, 0.6) is 0 Å². The number of likely N-dealkylation sites (N-methyl/N-ethyl adjacent to an activating group) is 1. The Labute approximate surface area is 127 Å². The molecule has 1 N–H and O–H groups in total. The molecule has 1 nitrogen and oxygen atoms in total. The molecule has 6 heteroatoms. The lowest BCUT2D eigenvalue weighted by molar-refractivity contribution is -0.135.